The second-order valence-corrected chi connectivity index (χ2v) is 10.3. The molecule has 6 rings (SSSR count). The van der Waals surface area contributed by atoms with Crippen LogP contribution in [0.3, 0.4) is 0 Å². The molecule has 1 unspecified atom stereocenters. The summed E-state index contributed by atoms with van der Waals surface area (Å²) in [5.41, 5.74) is -0.871. The van der Waals surface area contributed by atoms with Crippen LogP contribution in [0.4, 0.5) is 0 Å². The molecule has 0 aromatic carbocycles. The van der Waals surface area contributed by atoms with Gasteiger partial charge in [-0.2, -0.15) is 0 Å². The third kappa shape index (κ3) is 1.20. The summed E-state index contributed by atoms with van der Waals surface area (Å²) >= 11 is 0. The summed E-state index contributed by atoms with van der Waals surface area (Å²) < 4.78 is 0. The summed E-state index contributed by atoms with van der Waals surface area (Å²) in [7, 11) is 0. The lowest BCUT2D eigenvalue weighted by Gasteiger charge is -2.64. The number of aliphatic hydroxyl groups excluding tert-OH is 1. The third-order valence-corrected chi connectivity index (χ3v) is 9.61. The number of hydrogen-bond acceptors (Lipinski definition) is 3. The van der Waals surface area contributed by atoms with Gasteiger partial charge in [0, 0.05) is 23.2 Å². The average molecular weight is 316 g/mol. The van der Waals surface area contributed by atoms with Gasteiger partial charge in [0.15, 0.2) is 0 Å². The van der Waals surface area contributed by atoms with Gasteiger partial charge in [-0.15, -0.1) is 0 Å². The molecule has 0 aromatic heterocycles. The van der Waals surface area contributed by atoms with Crippen LogP contribution in [0, 0.1) is 45.3 Å². The molecule has 0 aromatic rings. The van der Waals surface area contributed by atoms with Gasteiger partial charge in [-0.25, -0.2) is 0 Å². The van der Waals surface area contributed by atoms with Crippen LogP contribution in [-0.2, 0) is 9.59 Å². The molecule has 3 heteroatoms. The molecule has 1 spiro atoms. The fourth-order valence-electron chi connectivity index (χ4n) is 8.34. The van der Waals surface area contributed by atoms with Gasteiger partial charge in [-0.3, -0.25) is 9.59 Å². The first kappa shape index (κ1) is 14.6. The Morgan fingerprint density at radius 1 is 1.04 bits per heavy atom. The van der Waals surface area contributed by atoms with Gasteiger partial charge < -0.3 is 5.11 Å². The Bertz CT molecular complexity index is 651. The lowest BCUT2D eigenvalue weighted by molar-refractivity contribution is -0.199. The standard InChI is InChI=1S/C20H28O3/c1-17(2)11-5-8-20-12(18(11,3)7-6-13(17)21)9-10-14(15(20)22)19(10,4)16(20)23/h10-12,14,16,23H,5-9H2,1-4H3/t10-,11+,12-,14?,16+,18+,19-,20-/m0/s1. The molecule has 126 valence electrons. The second-order valence-electron chi connectivity index (χ2n) is 10.3. The number of aliphatic hydroxyl groups is 1. The zero-order chi connectivity index (χ0) is 16.6. The quantitative estimate of drug-likeness (QED) is 0.747. The highest BCUT2D eigenvalue weighted by Crippen LogP contribution is 2.83. The molecule has 6 saturated carbocycles. The molecule has 6 fully saturated rings. The van der Waals surface area contributed by atoms with E-state index in [0.717, 1.165) is 25.7 Å². The van der Waals surface area contributed by atoms with Crippen LogP contribution in [0.25, 0.3) is 0 Å². The average Bonchev–Trinajstić information content (AvgIpc) is 3.07. The lowest BCUT2D eigenvalue weighted by atomic mass is 9.39. The summed E-state index contributed by atoms with van der Waals surface area (Å²) in [6.07, 6.45) is 3.91. The van der Waals surface area contributed by atoms with E-state index in [9.17, 15) is 14.7 Å². The minimum atomic E-state index is -0.490. The first-order valence-corrected chi connectivity index (χ1v) is 9.38. The number of carbonyl (C=O) groups excluding carboxylic acids is 2. The smallest absolute Gasteiger partial charge is 0.145 e. The minimum absolute atomic E-state index is 0.0290. The van der Waals surface area contributed by atoms with E-state index in [1.54, 1.807) is 0 Å². The molecule has 1 N–H and O–H groups in total. The van der Waals surface area contributed by atoms with Crippen LogP contribution in [0.15, 0.2) is 0 Å². The molecule has 23 heavy (non-hydrogen) atoms. The summed E-state index contributed by atoms with van der Waals surface area (Å²) in [5.74, 6) is 1.93. The van der Waals surface area contributed by atoms with Crippen molar-refractivity contribution in [2.45, 2.75) is 65.9 Å². The molecule has 0 heterocycles. The van der Waals surface area contributed by atoms with Gasteiger partial charge in [0.25, 0.3) is 0 Å². The van der Waals surface area contributed by atoms with Crippen molar-refractivity contribution in [3.05, 3.63) is 0 Å². The molecule has 3 nitrogen and oxygen atoms in total. The molecule has 0 radical (unpaired) electrons. The second kappa shape index (κ2) is 3.61. The van der Waals surface area contributed by atoms with Crippen LogP contribution in [0.5, 0.6) is 0 Å². The zero-order valence-electron chi connectivity index (χ0n) is 14.7. The van der Waals surface area contributed by atoms with Crippen molar-refractivity contribution < 1.29 is 14.7 Å². The highest BCUT2D eigenvalue weighted by Gasteiger charge is 2.87. The number of Topliss-reactive ketones (excluding diaryl/α,β-unsaturated/α-hetero) is 2. The van der Waals surface area contributed by atoms with Crippen LogP contribution >= 0.6 is 0 Å². The number of carbonyl (C=O) groups is 2. The van der Waals surface area contributed by atoms with E-state index in [0.29, 0.717) is 29.8 Å². The summed E-state index contributed by atoms with van der Waals surface area (Å²) in [5, 5.41) is 11.1. The highest BCUT2D eigenvalue weighted by molar-refractivity contribution is 5.97. The van der Waals surface area contributed by atoms with Gasteiger partial charge in [0.2, 0.25) is 0 Å². The van der Waals surface area contributed by atoms with Gasteiger partial charge >= 0.3 is 0 Å². The van der Waals surface area contributed by atoms with Crippen LogP contribution in [0.2, 0.25) is 0 Å². The maximum absolute atomic E-state index is 13.2. The normalized spacial score (nSPS) is 61.9. The van der Waals surface area contributed by atoms with Gasteiger partial charge in [0.1, 0.15) is 11.6 Å². The van der Waals surface area contributed by atoms with Crippen molar-refractivity contribution in [1.82, 2.24) is 0 Å². The van der Waals surface area contributed by atoms with E-state index in [1.807, 2.05) is 0 Å². The molecule has 0 saturated heterocycles. The number of hydrogen-bond donors (Lipinski definition) is 1. The van der Waals surface area contributed by atoms with Crippen molar-refractivity contribution in [1.29, 1.82) is 0 Å². The molecule has 8 atom stereocenters. The van der Waals surface area contributed by atoms with Crippen molar-refractivity contribution in [2.75, 3.05) is 0 Å². The van der Waals surface area contributed by atoms with Crippen molar-refractivity contribution in [3.63, 3.8) is 0 Å². The fourth-order valence-corrected chi connectivity index (χ4v) is 8.34. The number of fused-ring (bicyclic) bond motifs is 1. The van der Waals surface area contributed by atoms with Gasteiger partial charge in [-0.1, -0.05) is 27.7 Å². The SMILES string of the molecule is CC1(C)C(=O)CC[C@]2(C)[C@@H]1CC[C@@]13C(=O)C4[C@H](C[C@@H]21)[C@]4(C)[C@H]3O. The first-order valence-electron chi connectivity index (χ1n) is 9.38. The Balaban J connectivity index is 1.64. The molecule has 4 bridgehead atoms. The molecule has 0 amide bonds. The van der Waals surface area contributed by atoms with E-state index in [-0.39, 0.29) is 28.1 Å². The van der Waals surface area contributed by atoms with Crippen molar-refractivity contribution in [2.24, 2.45) is 45.3 Å². The Labute approximate surface area is 138 Å². The van der Waals surface area contributed by atoms with E-state index in [1.165, 1.54) is 0 Å². The first-order chi connectivity index (χ1) is 10.6. The number of rotatable bonds is 0. The van der Waals surface area contributed by atoms with Crippen LogP contribution in [-0.4, -0.2) is 22.8 Å². The van der Waals surface area contributed by atoms with E-state index >= 15 is 0 Å². The fraction of sp³-hybridized carbons (Fsp3) is 0.900. The monoisotopic (exact) mass is 316 g/mol. The van der Waals surface area contributed by atoms with Crippen LogP contribution < -0.4 is 0 Å². The largest absolute Gasteiger partial charge is 0.391 e. The van der Waals surface area contributed by atoms with Crippen molar-refractivity contribution in [3.8, 4) is 0 Å². The molecule has 0 aliphatic heterocycles. The Hall–Kier alpha value is -0.700. The lowest BCUT2D eigenvalue weighted by Crippen LogP contribution is -2.65. The Morgan fingerprint density at radius 3 is 2.35 bits per heavy atom. The van der Waals surface area contributed by atoms with Gasteiger partial charge in [0.05, 0.1) is 11.5 Å². The molecular formula is C20H28O3. The summed E-state index contributed by atoms with van der Waals surface area (Å²) in [6.45, 7) is 8.69. The Morgan fingerprint density at radius 2 is 1.74 bits per heavy atom. The zero-order valence-corrected chi connectivity index (χ0v) is 14.7. The summed E-state index contributed by atoms with van der Waals surface area (Å²) in [4.78, 5) is 25.7. The van der Waals surface area contributed by atoms with E-state index in [2.05, 4.69) is 27.7 Å². The molecular weight excluding hydrogens is 288 g/mol. The summed E-state index contributed by atoms with van der Waals surface area (Å²) in [6, 6.07) is 0. The molecule has 6 aliphatic carbocycles. The third-order valence-electron chi connectivity index (χ3n) is 9.61. The van der Waals surface area contributed by atoms with Gasteiger partial charge in [-0.05, 0) is 48.9 Å². The maximum atomic E-state index is 13.2. The topological polar surface area (TPSA) is 54.4 Å². The van der Waals surface area contributed by atoms with Crippen molar-refractivity contribution >= 4 is 11.6 Å². The van der Waals surface area contributed by atoms with E-state index < -0.39 is 11.5 Å². The predicted octanol–water partition coefficient (Wildman–Crippen LogP) is 2.99. The van der Waals surface area contributed by atoms with E-state index in [4.69, 9.17) is 0 Å². The highest BCUT2D eigenvalue weighted by atomic mass is 16.3. The minimum Gasteiger partial charge on any atom is -0.391 e. The predicted molar refractivity (Wildman–Crippen MR) is 85.5 cm³/mol. The molecule has 6 aliphatic rings. The van der Waals surface area contributed by atoms with Crippen LogP contribution in [0.1, 0.15) is 59.8 Å². The maximum Gasteiger partial charge on any atom is 0.145 e. The number of ketones is 2. The Kier molecular flexibility index (Phi) is 2.30.